The highest BCUT2D eigenvalue weighted by Crippen LogP contribution is 2.22. The van der Waals surface area contributed by atoms with Crippen molar-refractivity contribution in [2.75, 3.05) is 26.7 Å². The standard InChI is InChI=1S/C18H25N3/c1-19-9-6-15-7-10-21(11-8-15)14-16-12-17-4-2-3-5-18(17)20-13-16/h2-5,12-13,15,19H,6-11,14H2,1H3. The molecular weight excluding hydrogens is 258 g/mol. The number of fused-ring (bicyclic) bond motifs is 1. The fourth-order valence-corrected chi connectivity index (χ4v) is 3.24. The van der Waals surface area contributed by atoms with Crippen molar-refractivity contribution in [1.29, 1.82) is 0 Å². The molecule has 3 heteroatoms. The summed E-state index contributed by atoms with van der Waals surface area (Å²) < 4.78 is 0. The number of piperidine rings is 1. The van der Waals surface area contributed by atoms with E-state index in [-0.39, 0.29) is 0 Å². The summed E-state index contributed by atoms with van der Waals surface area (Å²) in [6.45, 7) is 4.64. The number of pyridine rings is 1. The number of nitrogens with one attached hydrogen (secondary N) is 1. The number of hydrogen-bond acceptors (Lipinski definition) is 3. The van der Waals surface area contributed by atoms with Crippen molar-refractivity contribution in [2.24, 2.45) is 5.92 Å². The van der Waals surface area contributed by atoms with E-state index in [0.29, 0.717) is 0 Å². The van der Waals surface area contributed by atoms with Crippen LogP contribution in [0.2, 0.25) is 0 Å². The molecule has 0 bridgehead atoms. The third-order valence-electron chi connectivity index (χ3n) is 4.56. The van der Waals surface area contributed by atoms with E-state index in [2.05, 4.69) is 39.5 Å². The first-order valence-corrected chi connectivity index (χ1v) is 8.06. The van der Waals surface area contributed by atoms with Crippen LogP contribution in [-0.2, 0) is 6.54 Å². The number of benzene rings is 1. The van der Waals surface area contributed by atoms with Gasteiger partial charge in [-0.15, -0.1) is 0 Å². The highest BCUT2D eigenvalue weighted by molar-refractivity contribution is 5.78. The molecule has 1 fully saturated rings. The van der Waals surface area contributed by atoms with Crippen molar-refractivity contribution in [2.45, 2.75) is 25.8 Å². The molecule has 0 saturated carbocycles. The largest absolute Gasteiger partial charge is 0.320 e. The van der Waals surface area contributed by atoms with Crippen LogP contribution < -0.4 is 5.32 Å². The third kappa shape index (κ3) is 3.80. The monoisotopic (exact) mass is 283 g/mol. The van der Waals surface area contributed by atoms with Gasteiger partial charge in [0.05, 0.1) is 5.52 Å². The van der Waals surface area contributed by atoms with Gasteiger partial charge in [-0.1, -0.05) is 18.2 Å². The van der Waals surface area contributed by atoms with Gasteiger partial charge >= 0.3 is 0 Å². The lowest BCUT2D eigenvalue weighted by Gasteiger charge is -2.32. The van der Waals surface area contributed by atoms with Crippen molar-refractivity contribution in [1.82, 2.24) is 15.2 Å². The van der Waals surface area contributed by atoms with Crippen molar-refractivity contribution in [3.8, 4) is 0 Å². The Morgan fingerprint density at radius 3 is 2.86 bits per heavy atom. The first kappa shape index (κ1) is 14.5. The minimum atomic E-state index is 0.906. The first-order chi connectivity index (χ1) is 10.3. The Labute approximate surface area is 127 Å². The van der Waals surface area contributed by atoms with Crippen LogP contribution in [0.15, 0.2) is 36.5 Å². The third-order valence-corrected chi connectivity index (χ3v) is 4.56. The van der Waals surface area contributed by atoms with E-state index in [1.54, 1.807) is 0 Å². The summed E-state index contributed by atoms with van der Waals surface area (Å²) >= 11 is 0. The second-order valence-corrected chi connectivity index (χ2v) is 6.15. The van der Waals surface area contributed by atoms with Crippen LogP contribution in [0.4, 0.5) is 0 Å². The molecule has 21 heavy (non-hydrogen) atoms. The summed E-state index contributed by atoms with van der Waals surface area (Å²) in [6, 6.07) is 10.6. The smallest absolute Gasteiger partial charge is 0.0702 e. The minimum absolute atomic E-state index is 0.906. The highest BCUT2D eigenvalue weighted by Gasteiger charge is 2.18. The summed E-state index contributed by atoms with van der Waals surface area (Å²) in [5.74, 6) is 0.906. The molecule has 1 N–H and O–H groups in total. The number of rotatable bonds is 5. The summed E-state index contributed by atoms with van der Waals surface area (Å²) in [4.78, 5) is 7.14. The summed E-state index contributed by atoms with van der Waals surface area (Å²) in [5, 5.41) is 4.51. The summed E-state index contributed by atoms with van der Waals surface area (Å²) in [7, 11) is 2.04. The van der Waals surface area contributed by atoms with Gasteiger partial charge in [0.2, 0.25) is 0 Å². The average molecular weight is 283 g/mol. The molecule has 0 unspecified atom stereocenters. The Morgan fingerprint density at radius 1 is 1.24 bits per heavy atom. The van der Waals surface area contributed by atoms with Gasteiger partial charge in [0, 0.05) is 18.1 Å². The van der Waals surface area contributed by atoms with Gasteiger partial charge in [0.1, 0.15) is 0 Å². The Morgan fingerprint density at radius 2 is 2.05 bits per heavy atom. The normalized spacial score (nSPS) is 17.4. The SMILES string of the molecule is CNCCC1CCN(Cc2cnc3ccccc3c2)CC1. The van der Waals surface area contributed by atoms with Crippen LogP contribution in [0.1, 0.15) is 24.8 Å². The zero-order valence-electron chi connectivity index (χ0n) is 12.9. The molecule has 0 aliphatic carbocycles. The van der Waals surface area contributed by atoms with Gasteiger partial charge in [-0.2, -0.15) is 0 Å². The van der Waals surface area contributed by atoms with Crippen LogP contribution in [-0.4, -0.2) is 36.6 Å². The molecule has 1 aromatic heterocycles. The zero-order valence-corrected chi connectivity index (χ0v) is 12.9. The van der Waals surface area contributed by atoms with E-state index >= 15 is 0 Å². The van der Waals surface area contributed by atoms with Crippen molar-refractivity contribution < 1.29 is 0 Å². The maximum absolute atomic E-state index is 4.57. The lowest BCUT2D eigenvalue weighted by molar-refractivity contribution is 0.172. The molecule has 0 radical (unpaired) electrons. The van der Waals surface area contributed by atoms with E-state index in [4.69, 9.17) is 0 Å². The Bertz CT molecular complexity index is 573. The quantitative estimate of drug-likeness (QED) is 0.914. The Hall–Kier alpha value is -1.45. The number of hydrogen-bond donors (Lipinski definition) is 1. The van der Waals surface area contributed by atoms with E-state index in [0.717, 1.165) is 24.5 Å². The van der Waals surface area contributed by atoms with Crippen molar-refractivity contribution in [3.05, 3.63) is 42.1 Å². The summed E-state index contributed by atoms with van der Waals surface area (Å²) in [6.07, 6.45) is 6.03. The van der Waals surface area contributed by atoms with Crippen molar-refractivity contribution in [3.63, 3.8) is 0 Å². The van der Waals surface area contributed by atoms with Crippen LogP contribution in [0.3, 0.4) is 0 Å². The molecule has 0 amide bonds. The van der Waals surface area contributed by atoms with Gasteiger partial charge in [-0.3, -0.25) is 9.88 Å². The fraction of sp³-hybridized carbons (Fsp3) is 0.500. The molecule has 1 aliphatic heterocycles. The maximum atomic E-state index is 4.57. The molecule has 2 aromatic rings. The lowest BCUT2D eigenvalue weighted by atomic mass is 9.93. The van der Waals surface area contributed by atoms with Crippen LogP contribution in [0.25, 0.3) is 10.9 Å². The molecule has 3 rings (SSSR count). The average Bonchev–Trinajstić information content (AvgIpc) is 2.54. The molecule has 0 atom stereocenters. The molecule has 1 saturated heterocycles. The van der Waals surface area contributed by atoms with E-state index < -0.39 is 0 Å². The van der Waals surface area contributed by atoms with Gasteiger partial charge < -0.3 is 5.32 Å². The molecule has 3 nitrogen and oxygen atoms in total. The molecule has 112 valence electrons. The minimum Gasteiger partial charge on any atom is -0.320 e. The molecule has 1 aliphatic rings. The predicted octanol–water partition coefficient (Wildman–Crippen LogP) is 3.06. The zero-order chi connectivity index (χ0) is 14.5. The Balaban J connectivity index is 1.56. The van der Waals surface area contributed by atoms with Crippen LogP contribution in [0, 0.1) is 5.92 Å². The predicted molar refractivity (Wildman–Crippen MR) is 88.3 cm³/mol. The van der Waals surface area contributed by atoms with E-state index in [1.165, 1.54) is 43.3 Å². The summed E-state index contributed by atoms with van der Waals surface area (Å²) in [5.41, 5.74) is 2.43. The van der Waals surface area contributed by atoms with Crippen LogP contribution >= 0.6 is 0 Å². The number of likely N-dealkylation sites (tertiary alicyclic amines) is 1. The fourth-order valence-electron chi connectivity index (χ4n) is 3.24. The highest BCUT2D eigenvalue weighted by atomic mass is 15.1. The van der Waals surface area contributed by atoms with Gasteiger partial charge in [-0.25, -0.2) is 0 Å². The number of aromatic nitrogens is 1. The molecule has 2 heterocycles. The van der Waals surface area contributed by atoms with Gasteiger partial charge in [0.25, 0.3) is 0 Å². The van der Waals surface area contributed by atoms with Crippen molar-refractivity contribution >= 4 is 10.9 Å². The second-order valence-electron chi connectivity index (χ2n) is 6.15. The van der Waals surface area contributed by atoms with Gasteiger partial charge in [-0.05, 0) is 69.6 Å². The number of nitrogens with zero attached hydrogens (tertiary/aromatic N) is 2. The second kappa shape index (κ2) is 7.01. The molecule has 1 aromatic carbocycles. The van der Waals surface area contributed by atoms with Crippen LogP contribution in [0.5, 0.6) is 0 Å². The maximum Gasteiger partial charge on any atom is 0.0702 e. The number of para-hydroxylation sites is 1. The van der Waals surface area contributed by atoms with E-state index in [1.807, 2.05) is 19.3 Å². The van der Waals surface area contributed by atoms with Gasteiger partial charge in [0.15, 0.2) is 0 Å². The van der Waals surface area contributed by atoms with E-state index in [9.17, 15) is 0 Å². The molecular formula is C18H25N3. The first-order valence-electron chi connectivity index (χ1n) is 8.06. The molecule has 0 spiro atoms. The lowest BCUT2D eigenvalue weighted by Crippen LogP contribution is -2.34. The Kier molecular flexibility index (Phi) is 4.84. The topological polar surface area (TPSA) is 28.2 Å².